The molecular formula is C9H11N3O2S2. The van der Waals surface area contributed by atoms with Crippen LogP contribution in [0.5, 0.6) is 0 Å². The molecule has 0 radical (unpaired) electrons. The zero-order valence-electron chi connectivity index (χ0n) is 8.59. The van der Waals surface area contributed by atoms with Crippen molar-refractivity contribution in [2.45, 2.75) is 11.9 Å². The van der Waals surface area contributed by atoms with Crippen LogP contribution in [0.2, 0.25) is 0 Å². The number of nitrogens with zero attached hydrogens (tertiary/aromatic N) is 3. The summed E-state index contributed by atoms with van der Waals surface area (Å²) in [4.78, 5) is 4.26. The van der Waals surface area contributed by atoms with Crippen molar-refractivity contribution in [3.8, 4) is 6.07 Å². The maximum atomic E-state index is 8.39. The average molecular weight is 257 g/mol. The van der Waals surface area contributed by atoms with E-state index >= 15 is 0 Å². The molecule has 86 valence electrons. The number of thioether (sulfide) groups is 2. The second-order valence-corrected chi connectivity index (χ2v) is 5.27. The lowest BCUT2D eigenvalue weighted by atomic mass is 10.4. The fourth-order valence-corrected chi connectivity index (χ4v) is 2.60. The number of rotatable bonds is 4. The molecule has 1 aromatic heterocycles. The molecule has 7 heteroatoms. The predicted molar refractivity (Wildman–Crippen MR) is 62.1 cm³/mol. The molecule has 16 heavy (non-hydrogen) atoms. The summed E-state index contributed by atoms with van der Waals surface area (Å²) in [5.74, 6) is 4.12. The van der Waals surface area contributed by atoms with Gasteiger partial charge in [0.15, 0.2) is 0 Å². The summed E-state index contributed by atoms with van der Waals surface area (Å²) in [6, 6.07) is 2.05. The second kappa shape index (κ2) is 6.13. The lowest BCUT2D eigenvalue weighted by Gasteiger charge is -2.18. The molecule has 1 fully saturated rings. The molecule has 1 aromatic rings. The van der Waals surface area contributed by atoms with Gasteiger partial charge in [0.1, 0.15) is 6.10 Å². The fourth-order valence-electron chi connectivity index (χ4n) is 1.28. The standard InChI is InChI=1S/C9H11N3O2S2/c10-1-3-15-6-8-11-9(12-14-8)7-5-16-4-2-13-7/h7H,2-6H2. The van der Waals surface area contributed by atoms with E-state index in [1.165, 1.54) is 11.8 Å². The minimum Gasteiger partial charge on any atom is -0.368 e. The molecule has 0 saturated carbocycles. The smallest absolute Gasteiger partial charge is 0.236 e. The van der Waals surface area contributed by atoms with Crippen LogP contribution in [-0.2, 0) is 10.5 Å². The van der Waals surface area contributed by atoms with Crippen LogP contribution in [0.1, 0.15) is 17.8 Å². The molecule has 0 aliphatic carbocycles. The molecule has 0 amide bonds. The first-order valence-electron chi connectivity index (χ1n) is 4.86. The monoisotopic (exact) mass is 257 g/mol. The fraction of sp³-hybridized carbons (Fsp3) is 0.667. The van der Waals surface area contributed by atoms with Gasteiger partial charge >= 0.3 is 0 Å². The molecule has 0 spiro atoms. The lowest BCUT2D eigenvalue weighted by molar-refractivity contribution is 0.0677. The quantitative estimate of drug-likeness (QED) is 0.759. The molecule has 5 nitrogen and oxygen atoms in total. The molecule has 1 aliphatic heterocycles. The van der Waals surface area contributed by atoms with Gasteiger partial charge in [0.2, 0.25) is 11.7 Å². The molecule has 1 atom stereocenters. The largest absolute Gasteiger partial charge is 0.368 e. The molecule has 1 saturated heterocycles. The Labute approximate surface area is 102 Å². The predicted octanol–water partition coefficient (Wildman–Crippen LogP) is 1.63. The number of aromatic nitrogens is 2. The Morgan fingerprint density at radius 2 is 2.56 bits per heavy atom. The molecule has 1 aliphatic rings. The van der Waals surface area contributed by atoms with Crippen LogP contribution in [0.25, 0.3) is 0 Å². The molecular weight excluding hydrogens is 246 g/mol. The van der Waals surface area contributed by atoms with Crippen LogP contribution in [0.3, 0.4) is 0 Å². The van der Waals surface area contributed by atoms with Crippen molar-refractivity contribution >= 4 is 23.5 Å². The van der Waals surface area contributed by atoms with Crippen molar-refractivity contribution in [3.63, 3.8) is 0 Å². The van der Waals surface area contributed by atoms with Gasteiger partial charge in [0.05, 0.1) is 24.2 Å². The Hall–Kier alpha value is -0.710. The first kappa shape index (κ1) is 11.8. The van der Waals surface area contributed by atoms with Gasteiger partial charge in [-0.05, 0) is 0 Å². The van der Waals surface area contributed by atoms with E-state index in [2.05, 4.69) is 16.2 Å². The van der Waals surface area contributed by atoms with Gasteiger partial charge in [-0.15, -0.1) is 11.8 Å². The lowest BCUT2D eigenvalue weighted by Crippen LogP contribution is -2.16. The summed E-state index contributed by atoms with van der Waals surface area (Å²) >= 11 is 3.30. The third-order valence-corrected chi connectivity index (χ3v) is 3.76. The SMILES string of the molecule is N#CCSCc1nc(C2CSCCO2)no1. The second-order valence-electron chi connectivity index (χ2n) is 3.13. The van der Waals surface area contributed by atoms with E-state index in [4.69, 9.17) is 14.5 Å². The third kappa shape index (κ3) is 3.14. The minimum absolute atomic E-state index is 0.0442. The van der Waals surface area contributed by atoms with Gasteiger partial charge in [-0.2, -0.15) is 22.0 Å². The van der Waals surface area contributed by atoms with Crippen molar-refractivity contribution in [2.24, 2.45) is 0 Å². The summed E-state index contributed by atoms with van der Waals surface area (Å²) in [5.41, 5.74) is 0. The van der Waals surface area contributed by atoms with Crippen LogP contribution < -0.4 is 0 Å². The van der Waals surface area contributed by atoms with Gasteiger partial charge in [-0.3, -0.25) is 0 Å². The van der Waals surface area contributed by atoms with Crippen LogP contribution >= 0.6 is 23.5 Å². The van der Waals surface area contributed by atoms with E-state index < -0.39 is 0 Å². The average Bonchev–Trinajstić information content (AvgIpc) is 2.79. The highest BCUT2D eigenvalue weighted by Gasteiger charge is 2.21. The molecule has 0 N–H and O–H groups in total. The Kier molecular flexibility index (Phi) is 4.51. The highest BCUT2D eigenvalue weighted by Crippen LogP contribution is 2.24. The summed E-state index contributed by atoms with van der Waals surface area (Å²) in [5, 5.41) is 12.3. The zero-order chi connectivity index (χ0) is 11.2. The Morgan fingerprint density at radius 1 is 1.62 bits per heavy atom. The number of nitriles is 1. The zero-order valence-corrected chi connectivity index (χ0v) is 10.2. The third-order valence-electron chi connectivity index (χ3n) is 1.98. The van der Waals surface area contributed by atoms with E-state index in [9.17, 15) is 0 Å². The Bertz CT molecular complexity index is 371. The van der Waals surface area contributed by atoms with E-state index in [1.54, 1.807) is 0 Å². The molecule has 2 heterocycles. The van der Waals surface area contributed by atoms with Gasteiger partial charge in [-0.1, -0.05) is 5.16 Å². The number of hydrogen-bond acceptors (Lipinski definition) is 7. The molecule has 0 aromatic carbocycles. The van der Waals surface area contributed by atoms with Gasteiger partial charge < -0.3 is 9.26 Å². The molecule has 1 unspecified atom stereocenters. The molecule has 0 bridgehead atoms. The van der Waals surface area contributed by atoms with Crippen LogP contribution in [-0.4, -0.2) is 34.0 Å². The summed E-state index contributed by atoms with van der Waals surface area (Å²) in [6.45, 7) is 0.738. The van der Waals surface area contributed by atoms with Crippen LogP contribution in [0.15, 0.2) is 4.52 Å². The first-order chi connectivity index (χ1) is 7.90. The van der Waals surface area contributed by atoms with Crippen molar-refractivity contribution in [1.29, 1.82) is 5.26 Å². The Balaban J connectivity index is 1.88. The van der Waals surface area contributed by atoms with E-state index in [1.807, 2.05) is 11.8 Å². The highest BCUT2D eigenvalue weighted by molar-refractivity contribution is 7.99. The topological polar surface area (TPSA) is 71.9 Å². The van der Waals surface area contributed by atoms with Crippen molar-refractivity contribution in [1.82, 2.24) is 10.1 Å². The van der Waals surface area contributed by atoms with Crippen molar-refractivity contribution < 1.29 is 9.26 Å². The molecule has 2 rings (SSSR count). The van der Waals surface area contributed by atoms with E-state index in [0.717, 1.165) is 18.1 Å². The summed E-state index contributed by atoms with van der Waals surface area (Å²) < 4.78 is 10.6. The van der Waals surface area contributed by atoms with Crippen LogP contribution in [0, 0.1) is 11.3 Å². The van der Waals surface area contributed by atoms with Crippen LogP contribution in [0.4, 0.5) is 0 Å². The minimum atomic E-state index is -0.0442. The highest BCUT2D eigenvalue weighted by atomic mass is 32.2. The van der Waals surface area contributed by atoms with Crippen molar-refractivity contribution in [2.75, 3.05) is 23.9 Å². The van der Waals surface area contributed by atoms with Gasteiger partial charge in [0.25, 0.3) is 0 Å². The first-order valence-corrected chi connectivity index (χ1v) is 7.17. The van der Waals surface area contributed by atoms with Gasteiger partial charge in [0, 0.05) is 11.5 Å². The van der Waals surface area contributed by atoms with Crippen molar-refractivity contribution in [3.05, 3.63) is 11.7 Å². The Morgan fingerprint density at radius 3 is 3.31 bits per heavy atom. The number of ether oxygens (including phenoxy) is 1. The van der Waals surface area contributed by atoms with E-state index in [0.29, 0.717) is 23.2 Å². The number of hydrogen-bond donors (Lipinski definition) is 0. The van der Waals surface area contributed by atoms with Gasteiger partial charge in [-0.25, -0.2) is 0 Å². The summed E-state index contributed by atoms with van der Waals surface area (Å²) in [6.07, 6.45) is -0.0442. The normalized spacial score (nSPS) is 20.6. The summed E-state index contributed by atoms with van der Waals surface area (Å²) in [7, 11) is 0. The van der Waals surface area contributed by atoms with E-state index in [-0.39, 0.29) is 6.10 Å². The maximum absolute atomic E-state index is 8.39. The maximum Gasteiger partial charge on any atom is 0.236 e.